The Labute approximate surface area is 211 Å². The lowest BCUT2D eigenvalue weighted by atomic mass is 9.95. The van der Waals surface area contributed by atoms with Crippen LogP contribution in [-0.2, 0) is 0 Å². The first-order valence-electron chi connectivity index (χ1n) is 12.3. The molecule has 1 aliphatic rings. The molecule has 0 fully saturated rings. The number of benzene rings is 2. The number of hydrogen-bond donors (Lipinski definition) is 0. The Morgan fingerprint density at radius 3 is 2.36 bits per heavy atom. The summed E-state index contributed by atoms with van der Waals surface area (Å²) >= 11 is 0. The Morgan fingerprint density at radius 2 is 1.67 bits per heavy atom. The monoisotopic (exact) mass is 472 g/mol. The van der Waals surface area contributed by atoms with Crippen LogP contribution in [0.2, 0.25) is 0 Å². The Hall–Kier alpha value is -4.25. The topological polar surface area (TPSA) is 55.1 Å². The van der Waals surface area contributed by atoms with Crippen LogP contribution < -0.4 is 4.90 Å². The van der Waals surface area contributed by atoms with Crippen molar-refractivity contribution in [1.29, 1.82) is 0 Å². The number of nitrogens with zero attached hydrogens (tertiary/aromatic N) is 4. The molecule has 5 nitrogen and oxygen atoms in total. The second kappa shape index (κ2) is 9.08. The predicted molar refractivity (Wildman–Crippen MR) is 142 cm³/mol. The van der Waals surface area contributed by atoms with E-state index in [9.17, 15) is 0 Å². The van der Waals surface area contributed by atoms with Crippen molar-refractivity contribution in [3.63, 3.8) is 0 Å². The molecule has 0 aliphatic carbocycles. The lowest BCUT2D eigenvalue weighted by molar-refractivity contribution is 0.393. The Kier molecular flexibility index (Phi) is 5.61. The summed E-state index contributed by atoms with van der Waals surface area (Å²) in [7, 11) is 0. The van der Waals surface area contributed by atoms with Gasteiger partial charge in [0, 0.05) is 36.0 Å². The highest BCUT2D eigenvalue weighted by molar-refractivity contribution is 5.74. The Balaban J connectivity index is 1.54. The van der Waals surface area contributed by atoms with Gasteiger partial charge in [-0.15, -0.1) is 0 Å². The first-order chi connectivity index (χ1) is 17.6. The van der Waals surface area contributed by atoms with Gasteiger partial charge in [-0.25, -0.2) is 0 Å². The molecule has 2 atom stereocenters. The number of aryl methyl sites for hydroxylation is 3. The molecule has 0 spiro atoms. The molecule has 0 N–H and O–H groups in total. The molecule has 0 saturated carbocycles. The summed E-state index contributed by atoms with van der Waals surface area (Å²) in [5.41, 5.74) is 9.87. The van der Waals surface area contributed by atoms with E-state index in [2.05, 4.69) is 89.8 Å². The fourth-order valence-electron chi connectivity index (χ4n) is 5.37. The molecule has 2 aromatic carbocycles. The first kappa shape index (κ1) is 22.2. The molecule has 0 amide bonds. The number of hydrogen-bond acceptors (Lipinski definition) is 5. The van der Waals surface area contributed by atoms with E-state index in [1.165, 1.54) is 16.7 Å². The van der Waals surface area contributed by atoms with Gasteiger partial charge in [-0.3, -0.25) is 9.97 Å². The molecule has 2 unspecified atom stereocenters. The Bertz CT molecular complexity index is 1430. The van der Waals surface area contributed by atoms with Gasteiger partial charge in [0.05, 0.1) is 28.8 Å². The van der Waals surface area contributed by atoms with E-state index in [-0.39, 0.29) is 12.0 Å². The Morgan fingerprint density at radius 1 is 0.889 bits per heavy atom. The summed E-state index contributed by atoms with van der Waals surface area (Å²) in [5.74, 6) is 0.965. The molecule has 1 aliphatic heterocycles. The van der Waals surface area contributed by atoms with Gasteiger partial charge >= 0.3 is 0 Å². The van der Waals surface area contributed by atoms with Crippen LogP contribution in [0.3, 0.4) is 0 Å². The first-order valence-corrected chi connectivity index (χ1v) is 12.3. The van der Waals surface area contributed by atoms with Crippen LogP contribution in [0.1, 0.15) is 51.5 Å². The number of rotatable bonds is 5. The van der Waals surface area contributed by atoms with Crippen molar-refractivity contribution in [3.05, 3.63) is 131 Å². The molecule has 3 aromatic heterocycles. The second-order valence-corrected chi connectivity index (χ2v) is 9.51. The van der Waals surface area contributed by atoms with Gasteiger partial charge in [0.2, 0.25) is 0 Å². The molecule has 5 heteroatoms. The van der Waals surface area contributed by atoms with Crippen LogP contribution in [0.4, 0.5) is 5.69 Å². The lowest BCUT2D eigenvalue weighted by Gasteiger charge is -2.31. The van der Waals surface area contributed by atoms with Gasteiger partial charge in [0.1, 0.15) is 5.76 Å². The predicted octanol–water partition coefficient (Wildman–Crippen LogP) is 6.80. The normalized spacial score (nSPS) is 15.6. The quantitative estimate of drug-likeness (QED) is 0.282. The van der Waals surface area contributed by atoms with Crippen molar-refractivity contribution in [3.8, 4) is 11.1 Å². The van der Waals surface area contributed by atoms with Crippen molar-refractivity contribution < 1.29 is 4.52 Å². The third-order valence-corrected chi connectivity index (χ3v) is 7.11. The molecule has 5 aromatic rings. The van der Waals surface area contributed by atoms with E-state index >= 15 is 0 Å². The smallest absolute Gasteiger partial charge is 0.141 e. The fraction of sp³-hybridized carbons (Fsp3) is 0.194. The summed E-state index contributed by atoms with van der Waals surface area (Å²) in [5, 5.41) is 4.18. The van der Waals surface area contributed by atoms with Crippen LogP contribution in [0, 0.1) is 20.8 Å². The fourth-order valence-corrected chi connectivity index (χ4v) is 5.37. The molecule has 4 heterocycles. The SMILES string of the molecule is Cc1ccc(C2CN(C(c3ccccc3)c3ccccn3)c3cc(-c4c(C)noc4C)cnc32)cc1. The van der Waals surface area contributed by atoms with Crippen LogP contribution in [0.15, 0.2) is 95.8 Å². The van der Waals surface area contributed by atoms with E-state index in [0.717, 1.165) is 46.2 Å². The zero-order valence-corrected chi connectivity index (χ0v) is 20.7. The number of anilines is 1. The highest BCUT2D eigenvalue weighted by atomic mass is 16.5. The van der Waals surface area contributed by atoms with Gasteiger partial charge in [-0.1, -0.05) is 71.4 Å². The third-order valence-electron chi connectivity index (χ3n) is 7.11. The van der Waals surface area contributed by atoms with Gasteiger partial charge in [0.15, 0.2) is 0 Å². The zero-order chi connectivity index (χ0) is 24.6. The molecule has 0 bridgehead atoms. The summed E-state index contributed by atoms with van der Waals surface area (Å²) in [6.07, 6.45) is 3.84. The number of pyridine rings is 2. The lowest BCUT2D eigenvalue weighted by Crippen LogP contribution is -2.29. The number of fused-ring (bicyclic) bond motifs is 1. The minimum atomic E-state index is -0.0386. The van der Waals surface area contributed by atoms with Crippen molar-refractivity contribution in [2.75, 3.05) is 11.4 Å². The standard InChI is InChI=1S/C31H28N4O/c1-20-12-14-23(15-13-20)26-19-35(31(24-9-5-4-6-10-24)27-11-7-8-16-32-27)28-17-25(18-33-30(26)28)29-21(2)34-36-22(29)3/h4-18,26,31H,19H2,1-3H3. The maximum absolute atomic E-state index is 5.48. The minimum Gasteiger partial charge on any atom is -0.361 e. The summed E-state index contributed by atoms with van der Waals surface area (Å²) in [4.78, 5) is 12.3. The van der Waals surface area contributed by atoms with Crippen molar-refractivity contribution in [2.45, 2.75) is 32.7 Å². The largest absolute Gasteiger partial charge is 0.361 e. The second-order valence-electron chi connectivity index (χ2n) is 9.51. The molecular weight excluding hydrogens is 444 g/mol. The average Bonchev–Trinajstić information content (AvgIpc) is 3.45. The molecule has 178 valence electrons. The van der Waals surface area contributed by atoms with Crippen LogP contribution >= 0.6 is 0 Å². The van der Waals surface area contributed by atoms with Crippen LogP contribution in [-0.4, -0.2) is 21.7 Å². The van der Waals surface area contributed by atoms with E-state index in [1.54, 1.807) is 0 Å². The van der Waals surface area contributed by atoms with Crippen molar-refractivity contribution >= 4 is 5.69 Å². The highest BCUT2D eigenvalue weighted by Gasteiger charge is 2.37. The van der Waals surface area contributed by atoms with Gasteiger partial charge in [0.25, 0.3) is 0 Å². The number of aromatic nitrogens is 3. The summed E-state index contributed by atoms with van der Waals surface area (Å²) < 4.78 is 5.48. The van der Waals surface area contributed by atoms with E-state index in [0.29, 0.717) is 0 Å². The average molecular weight is 473 g/mol. The molecule has 0 saturated heterocycles. The summed E-state index contributed by atoms with van der Waals surface area (Å²) in [6.45, 7) is 6.87. The van der Waals surface area contributed by atoms with E-state index < -0.39 is 0 Å². The molecule has 6 rings (SSSR count). The zero-order valence-electron chi connectivity index (χ0n) is 20.7. The highest BCUT2D eigenvalue weighted by Crippen LogP contribution is 2.46. The maximum Gasteiger partial charge on any atom is 0.141 e. The van der Waals surface area contributed by atoms with Gasteiger partial charge in [-0.2, -0.15) is 0 Å². The van der Waals surface area contributed by atoms with Gasteiger partial charge < -0.3 is 9.42 Å². The summed E-state index contributed by atoms with van der Waals surface area (Å²) in [6, 6.07) is 27.8. The molecule has 36 heavy (non-hydrogen) atoms. The van der Waals surface area contributed by atoms with Crippen LogP contribution in [0.25, 0.3) is 11.1 Å². The van der Waals surface area contributed by atoms with Crippen molar-refractivity contribution in [2.24, 2.45) is 0 Å². The minimum absolute atomic E-state index is 0.0386. The van der Waals surface area contributed by atoms with Crippen LogP contribution in [0.5, 0.6) is 0 Å². The van der Waals surface area contributed by atoms with E-state index in [1.807, 2.05) is 32.3 Å². The molecule has 0 radical (unpaired) electrons. The van der Waals surface area contributed by atoms with Crippen molar-refractivity contribution in [1.82, 2.24) is 15.1 Å². The van der Waals surface area contributed by atoms with E-state index in [4.69, 9.17) is 14.5 Å². The molecular formula is C31H28N4O. The van der Waals surface area contributed by atoms with Gasteiger partial charge in [-0.05, 0) is 50.1 Å². The maximum atomic E-state index is 5.48. The third kappa shape index (κ3) is 3.87.